The third kappa shape index (κ3) is 10.3. The van der Waals surface area contributed by atoms with Gasteiger partial charge < -0.3 is 9.53 Å². The van der Waals surface area contributed by atoms with Crippen LogP contribution in [0, 0.1) is 11.8 Å². The third-order valence-corrected chi connectivity index (χ3v) is 9.79. The van der Waals surface area contributed by atoms with Crippen molar-refractivity contribution in [1.29, 1.82) is 0 Å². The number of hydrogen-bond acceptors (Lipinski definition) is 2. The molecule has 0 saturated carbocycles. The second-order valence-corrected chi connectivity index (χ2v) is 11.9. The van der Waals surface area contributed by atoms with Crippen LogP contribution in [0.2, 0.25) is 18.1 Å². The zero-order valence-corrected chi connectivity index (χ0v) is 19.5. The summed E-state index contributed by atoms with van der Waals surface area (Å²) < 4.78 is 6.99. The number of unbranched alkanes of at least 4 members (excludes halogenated alkanes) is 3. The Kier molecular flexibility index (Phi) is 16.9. The van der Waals surface area contributed by atoms with E-state index in [2.05, 4.69) is 41.5 Å². The normalized spacial score (nSPS) is 15.1. The summed E-state index contributed by atoms with van der Waals surface area (Å²) in [7, 11) is -1.77. The van der Waals surface area contributed by atoms with Crippen molar-refractivity contribution >= 4 is 8.32 Å². The maximum atomic E-state index is 12.3. The topological polar surface area (TPSA) is 32.3 Å². The predicted molar refractivity (Wildman–Crippen MR) is 108 cm³/mol. The first-order valence-corrected chi connectivity index (χ1v) is 12.9. The molecular weight excluding hydrogens is 319 g/mol. The minimum atomic E-state index is -1.77. The molecule has 0 unspecified atom stereocenters. The van der Waals surface area contributed by atoms with Gasteiger partial charge in [-0.3, -0.25) is 0 Å². The van der Waals surface area contributed by atoms with Gasteiger partial charge in [-0.05, 0) is 36.9 Å². The number of allylic oxidation sites excluding steroid dienone is 1. The first-order valence-electron chi connectivity index (χ1n) is 10.4. The van der Waals surface area contributed by atoms with Crippen molar-refractivity contribution in [3.05, 3.63) is 11.8 Å². The maximum Gasteiger partial charge on any atom is 1.00 e. The standard InChI is InChI=1S/C21H44O2Si.Li/c1-8-12-15-24(16-13-9-2,17-14-10-3)23-21(18(5)6)19(7)20(22)11-4;/h11,18-19,21-22H,8-10,12-17H2,1-7H3;/q;+1/p-1/b20-11+;/t19-,21-;/m1./s1. The van der Waals surface area contributed by atoms with Crippen LogP contribution in [0.1, 0.15) is 87.0 Å². The molecule has 144 valence electrons. The molecule has 0 aliphatic carbocycles. The van der Waals surface area contributed by atoms with Gasteiger partial charge in [0.05, 0.1) is 6.10 Å². The van der Waals surface area contributed by atoms with Gasteiger partial charge in [0, 0.05) is 0 Å². The molecule has 0 aromatic rings. The van der Waals surface area contributed by atoms with E-state index in [-0.39, 0.29) is 36.6 Å². The molecule has 0 bridgehead atoms. The fraction of sp³-hybridized carbons (Fsp3) is 0.905. The molecule has 0 aliphatic heterocycles. The Labute approximate surface area is 171 Å². The van der Waals surface area contributed by atoms with Crippen LogP contribution in [-0.4, -0.2) is 14.4 Å². The Balaban J connectivity index is 0. The van der Waals surface area contributed by atoms with E-state index in [1.165, 1.54) is 56.7 Å². The molecule has 2 nitrogen and oxygen atoms in total. The summed E-state index contributed by atoms with van der Waals surface area (Å²) in [6.45, 7) is 15.2. The van der Waals surface area contributed by atoms with Crippen molar-refractivity contribution in [3.8, 4) is 0 Å². The van der Waals surface area contributed by atoms with Crippen molar-refractivity contribution in [3.63, 3.8) is 0 Å². The maximum absolute atomic E-state index is 12.3. The second-order valence-electron chi connectivity index (χ2n) is 7.80. The summed E-state index contributed by atoms with van der Waals surface area (Å²) >= 11 is 0. The van der Waals surface area contributed by atoms with Crippen LogP contribution >= 0.6 is 0 Å². The molecule has 0 heterocycles. The van der Waals surface area contributed by atoms with Gasteiger partial charge in [-0.15, -0.1) is 5.76 Å². The van der Waals surface area contributed by atoms with Gasteiger partial charge in [0.25, 0.3) is 0 Å². The molecule has 0 rings (SSSR count). The van der Waals surface area contributed by atoms with Crippen LogP contribution in [0.15, 0.2) is 11.8 Å². The molecular formula is C21H43LiO2Si. The largest absolute Gasteiger partial charge is 1.00 e. The van der Waals surface area contributed by atoms with Gasteiger partial charge in [-0.1, -0.05) is 86.1 Å². The quantitative estimate of drug-likeness (QED) is 0.351. The molecule has 0 amide bonds. The molecule has 0 aromatic carbocycles. The second kappa shape index (κ2) is 15.4. The van der Waals surface area contributed by atoms with Gasteiger partial charge in [-0.25, -0.2) is 0 Å². The van der Waals surface area contributed by atoms with E-state index in [1.54, 1.807) is 6.08 Å². The smallest absolute Gasteiger partial charge is 0.875 e. The zero-order chi connectivity index (χ0) is 18.6. The Bertz CT molecular complexity index is 323. The fourth-order valence-electron chi connectivity index (χ4n) is 3.58. The van der Waals surface area contributed by atoms with Crippen LogP contribution in [0.4, 0.5) is 0 Å². The molecule has 0 N–H and O–H groups in total. The van der Waals surface area contributed by atoms with Crippen LogP contribution < -0.4 is 24.0 Å². The fourth-order valence-corrected chi connectivity index (χ4v) is 8.73. The Hall–Kier alpha value is 0.314. The van der Waals surface area contributed by atoms with E-state index in [1.807, 2.05) is 6.92 Å². The summed E-state index contributed by atoms with van der Waals surface area (Å²) in [6.07, 6.45) is 9.31. The number of rotatable bonds is 14. The first kappa shape index (κ1) is 27.5. The monoisotopic (exact) mass is 362 g/mol. The molecule has 4 heteroatoms. The summed E-state index contributed by atoms with van der Waals surface area (Å²) in [4.78, 5) is 0. The van der Waals surface area contributed by atoms with Crippen LogP contribution in [0.25, 0.3) is 0 Å². The molecule has 0 spiro atoms. The summed E-state index contributed by atoms with van der Waals surface area (Å²) in [5.74, 6) is 0.602. The summed E-state index contributed by atoms with van der Waals surface area (Å²) in [6, 6.07) is 3.80. The zero-order valence-electron chi connectivity index (χ0n) is 18.5. The Morgan fingerprint density at radius 1 is 0.920 bits per heavy atom. The SMILES string of the molecule is C/C=C(/[O-])[C@@H](C)[C@H](O[Si](CCCC)(CCCC)CCCC)C(C)C.[Li+]. The van der Waals surface area contributed by atoms with Gasteiger partial charge in [0.2, 0.25) is 0 Å². The van der Waals surface area contributed by atoms with Crippen molar-refractivity contribution in [2.75, 3.05) is 0 Å². The van der Waals surface area contributed by atoms with Gasteiger partial charge in [-0.2, -0.15) is 0 Å². The molecule has 0 aromatic heterocycles. The molecule has 25 heavy (non-hydrogen) atoms. The summed E-state index contributed by atoms with van der Waals surface area (Å²) in [5.41, 5.74) is 0. The first-order chi connectivity index (χ1) is 11.4. The Morgan fingerprint density at radius 2 is 1.32 bits per heavy atom. The molecule has 2 atom stereocenters. The van der Waals surface area contributed by atoms with Crippen molar-refractivity contribution < 1.29 is 28.4 Å². The van der Waals surface area contributed by atoms with Crippen LogP contribution in [0.5, 0.6) is 0 Å². The van der Waals surface area contributed by atoms with Gasteiger partial charge >= 0.3 is 18.9 Å². The minimum absolute atomic E-state index is 0. The van der Waals surface area contributed by atoms with E-state index in [4.69, 9.17) is 4.43 Å². The predicted octanol–water partition coefficient (Wildman–Crippen LogP) is 3.28. The van der Waals surface area contributed by atoms with E-state index >= 15 is 0 Å². The Morgan fingerprint density at radius 3 is 1.60 bits per heavy atom. The van der Waals surface area contributed by atoms with E-state index in [0.717, 1.165) is 0 Å². The molecule has 0 saturated heterocycles. The van der Waals surface area contributed by atoms with Crippen LogP contribution in [0.3, 0.4) is 0 Å². The van der Waals surface area contributed by atoms with Crippen LogP contribution in [-0.2, 0) is 4.43 Å². The van der Waals surface area contributed by atoms with Crippen molar-refractivity contribution in [1.82, 2.24) is 0 Å². The van der Waals surface area contributed by atoms with E-state index in [9.17, 15) is 5.11 Å². The van der Waals surface area contributed by atoms with Gasteiger partial charge in [0.15, 0.2) is 8.32 Å². The van der Waals surface area contributed by atoms with E-state index < -0.39 is 8.32 Å². The van der Waals surface area contributed by atoms with Gasteiger partial charge in [0.1, 0.15) is 0 Å². The third-order valence-electron chi connectivity index (χ3n) is 5.23. The van der Waals surface area contributed by atoms with Crippen molar-refractivity contribution in [2.24, 2.45) is 11.8 Å². The molecule has 0 fully saturated rings. The van der Waals surface area contributed by atoms with Crippen molar-refractivity contribution in [2.45, 2.75) is 111 Å². The van der Waals surface area contributed by atoms with E-state index in [0.29, 0.717) is 5.92 Å². The number of hydrogen-bond donors (Lipinski definition) is 0. The average Bonchev–Trinajstić information content (AvgIpc) is 2.58. The average molecular weight is 363 g/mol. The molecule has 0 aliphatic rings. The summed E-state index contributed by atoms with van der Waals surface area (Å²) in [5, 5.41) is 12.3. The minimum Gasteiger partial charge on any atom is -0.875 e. The molecule has 0 radical (unpaired) electrons.